The van der Waals surface area contributed by atoms with Crippen LogP contribution in [-0.4, -0.2) is 31.7 Å². The molecular formula is C22H25N5OS. The molecule has 0 aromatic carbocycles. The number of nitrogens with one attached hydrogen (secondary N) is 1. The van der Waals surface area contributed by atoms with Crippen LogP contribution in [-0.2, 0) is 17.6 Å². The number of thiazole rings is 1. The van der Waals surface area contributed by atoms with E-state index < -0.39 is 0 Å². The molecule has 0 bridgehead atoms. The highest BCUT2D eigenvalue weighted by Crippen LogP contribution is 2.35. The molecule has 1 amide bonds. The number of carbonyl (C=O) groups excluding carboxylic acids is 1. The molecule has 0 radical (unpaired) electrons. The van der Waals surface area contributed by atoms with E-state index in [2.05, 4.69) is 20.1 Å². The highest BCUT2D eigenvalue weighted by Gasteiger charge is 2.30. The van der Waals surface area contributed by atoms with Gasteiger partial charge in [0.25, 0.3) is 0 Å². The zero-order valence-corrected chi connectivity index (χ0v) is 17.1. The fourth-order valence-electron chi connectivity index (χ4n) is 4.52. The van der Waals surface area contributed by atoms with Crippen molar-refractivity contribution in [2.24, 2.45) is 5.92 Å². The Hall–Kier alpha value is -2.54. The van der Waals surface area contributed by atoms with Gasteiger partial charge in [0, 0.05) is 53.6 Å². The first-order valence-corrected chi connectivity index (χ1v) is 11.3. The van der Waals surface area contributed by atoms with Crippen molar-refractivity contribution in [3.8, 4) is 10.6 Å². The van der Waals surface area contributed by atoms with Crippen LogP contribution in [0, 0.1) is 5.92 Å². The fraction of sp³-hybridized carbons (Fsp3) is 0.455. The number of hydrogen-bond donors (Lipinski definition) is 1. The van der Waals surface area contributed by atoms with Crippen LogP contribution < -0.4 is 5.32 Å². The number of aromatic nitrogens is 4. The summed E-state index contributed by atoms with van der Waals surface area (Å²) in [5.74, 6) is 0.246. The summed E-state index contributed by atoms with van der Waals surface area (Å²) in [4.78, 5) is 23.2. The minimum Gasteiger partial charge on any atom is -0.353 e. The summed E-state index contributed by atoms with van der Waals surface area (Å²) in [5.41, 5.74) is 2.21. The molecule has 1 fully saturated rings. The van der Waals surface area contributed by atoms with Crippen molar-refractivity contribution in [2.75, 3.05) is 0 Å². The van der Waals surface area contributed by atoms with Gasteiger partial charge in [0.05, 0.1) is 11.7 Å². The molecule has 7 heteroatoms. The summed E-state index contributed by atoms with van der Waals surface area (Å²) >= 11 is 1.76. The first kappa shape index (κ1) is 18.5. The van der Waals surface area contributed by atoms with Crippen molar-refractivity contribution in [3.63, 3.8) is 0 Å². The highest BCUT2D eigenvalue weighted by molar-refractivity contribution is 7.15. The van der Waals surface area contributed by atoms with E-state index in [-0.39, 0.29) is 11.8 Å². The fourth-order valence-corrected chi connectivity index (χ4v) is 5.63. The second-order valence-electron chi connectivity index (χ2n) is 8.06. The van der Waals surface area contributed by atoms with Gasteiger partial charge < -0.3 is 5.32 Å². The Morgan fingerprint density at radius 2 is 1.93 bits per heavy atom. The molecule has 2 aliphatic carbocycles. The molecule has 1 saturated carbocycles. The van der Waals surface area contributed by atoms with Gasteiger partial charge in [0.15, 0.2) is 0 Å². The average Bonchev–Trinajstić information content (AvgIpc) is 3.44. The maximum atomic E-state index is 12.9. The van der Waals surface area contributed by atoms with Gasteiger partial charge in [-0.15, -0.1) is 11.3 Å². The van der Waals surface area contributed by atoms with Gasteiger partial charge in [0.2, 0.25) is 5.91 Å². The predicted molar refractivity (Wildman–Crippen MR) is 113 cm³/mol. The molecule has 1 N–H and O–H groups in total. The molecule has 0 spiro atoms. The SMILES string of the molecule is O=C(NC1CCC(n2cccn2)CC1)C1CCc2sc(-c3ccncc3)nc2C1. The zero-order chi connectivity index (χ0) is 19.6. The average molecular weight is 408 g/mol. The summed E-state index contributed by atoms with van der Waals surface area (Å²) in [5, 5.41) is 8.72. The van der Waals surface area contributed by atoms with E-state index in [1.54, 1.807) is 23.7 Å². The zero-order valence-electron chi connectivity index (χ0n) is 16.3. The molecule has 1 unspecified atom stereocenters. The summed E-state index contributed by atoms with van der Waals surface area (Å²) in [6, 6.07) is 6.72. The van der Waals surface area contributed by atoms with Crippen molar-refractivity contribution < 1.29 is 4.79 Å². The van der Waals surface area contributed by atoms with Gasteiger partial charge in [-0.1, -0.05) is 0 Å². The molecule has 29 heavy (non-hydrogen) atoms. The first-order valence-electron chi connectivity index (χ1n) is 10.4. The molecule has 6 nitrogen and oxygen atoms in total. The molecule has 5 rings (SSSR count). The lowest BCUT2D eigenvalue weighted by Crippen LogP contribution is -2.42. The van der Waals surface area contributed by atoms with Crippen molar-refractivity contribution >= 4 is 17.2 Å². The summed E-state index contributed by atoms with van der Waals surface area (Å²) in [6.45, 7) is 0. The van der Waals surface area contributed by atoms with Gasteiger partial charge in [0.1, 0.15) is 5.01 Å². The third-order valence-electron chi connectivity index (χ3n) is 6.18. The van der Waals surface area contributed by atoms with Crippen molar-refractivity contribution in [3.05, 3.63) is 53.6 Å². The summed E-state index contributed by atoms with van der Waals surface area (Å²) < 4.78 is 2.06. The second-order valence-corrected chi connectivity index (χ2v) is 9.15. The second kappa shape index (κ2) is 8.06. The molecule has 0 aliphatic heterocycles. The van der Waals surface area contributed by atoms with Crippen LogP contribution in [0.5, 0.6) is 0 Å². The Morgan fingerprint density at radius 3 is 2.69 bits per heavy atom. The van der Waals surface area contributed by atoms with E-state index in [1.165, 1.54) is 4.88 Å². The molecule has 2 aliphatic rings. The van der Waals surface area contributed by atoms with Crippen LogP contribution in [0.15, 0.2) is 43.0 Å². The highest BCUT2D eigenvalue weighted by atomic mass is 32.1. The topological polar surface area (TPSA) is 72.7 Å². The number of pyridine rings is 1. The van der Waals surface area contributed by atoms with E-state index in [0.29, 0.717) is 12.1 Å². The molecule has 1 atom stereocenters. The predicted octanol–water partition coefficient (Wildman–Crippen LogP) is 3.81. The van der Waals surface area contributed by atoms with Gasteiger partial charge in [-0.05, 0) is 56.7 Å². The number of hydrogen-bond acceptors (Lipinski definition) is 5. The van der Waals surface area contributed by atoms with E-state index in [0.717, 1.165) is 61.2 Å². The van der Waals surface area contributed by atoms with Crippen LogP contribution in [0.1, 0.15) is 48.7 Å². The van der Waals surface area contributed by atoms with Gasteiger partial charge in [-0.2, -0.15) is 5.10 Å². The molecular weight excluding hydrogens is 382 g/mol. The third-order valence-corrected chi connectivity index (χ3v) is 7.38. The molecule has 150 valence electrons. The number of fused-ring (bicyclic) bond motifs is 1. The normalized spacial score (nSPS) is 24.1. The van der Waals surface area contributed by atoms with Crippen LogP contribution in [0.2, 0.25) is 0 Å². The Labute approximate surface area is 174 Å². The molecule has 3 aromatic heterocycles. The maximum Gasteiger partial charge on any atom is 0.223 e. The van der Waals surface area contributed by atoms with E-state index >= 15 is 0 Å². The quantitative estimate of drug-likeness (QED) is 0.714. The van der Waals surface area contributed by atoms with Crippen molar-refractivity contribution in [1.29, 1.82) is 0 Å². The first-order chi connectivity index (χ1) is 14.3. The van der Waals surface area contributed by atoms with Crippen LogP contribution >= 0.6 is 11.3 Å². The van der Waals surface area contributed by atoms with Gasteiger partial charge >= 0.3 is 0 Å². The van der Waals surface area contributed by atoms with Gasteiger partial charge in [-0.25, -0.2) is 4.98 Å². The smallest absolute Gasteiger partial charge is 0.223 e. The van der Waals surface area contributed by atoms with Crippen LogP contribution in [0.25, 0.3) is 10.6 Å². The van der Waals surface area contributed by atoms with Crippen LogP contribution in [0.4, 0.5) is 0 Å². The minimum atomic E-state index is 0.0405. The number of carbonyl (C=O) groups is 1. The lowest BCUT2D eigenvalue weighted by Gasteiger charge is -2.31. The number of rotatable bonds is 4. The third kappa shape index (κ3) is 3.96. The largest absolute Gasteiger partial charge is 0.353 e. The van der Waals surface area contributed by atoms with Crippen molar-refractivity contribution in [2.45, 2.75) is 57.0 Å². The Morgan fingerprint density at radius 1 is 1.10 bits per heavy atom. The summed E-state index contributed by atoms with van der Waals surface area (Å²) in [6.07, 6.45) is 14.3. The number of nitrogens with zero attached hydrogens (tertiary/aromatic N) is 4. The van der Waals surface area contributed by atoms with Gasteiger partial charge in [-0.3, -0.25) is 14.5 Å². The number of aryl methyl sites for hydroxylation is 1. The maximum absolute atomic E-state index is 12.9. The van der Waals surface area contributed by atoms with E-state index in [9.17, 15) is 4.79 Å². The Bertz CT molecular complexity index is 961. The Kier molecular flexibility index (Phi) is 5.14. The minimum absolute atomic E-state index is 0.0405. The molecule has 3 heterocycles. The van der Waals surface area contributed by atoms with E-state index in [1.807, 2.05) is 30.6 Å². The summed E-state index contributed by atoms with van der Waals surface area (Å²) in [7, 11) is 0. The lowest BCUT2D eigenvalue weighted by molar-refractivity contribution is -0.126. The Balaban J connectivity index is 1.18. The van der Waals surface area contributed by atoms with E-state index in [4.69, 9.17) is 4.98 Å². The standard InChI is InChI=1S/C22H25N5OS/c28-21(25-17-3-5-18(6-4-17)27-13-1-10-24-27)16-2-7-20-19(14-16)26-22(29-20)15-8-11-23-12-9-15/h1,8-13,16-18H,2-7,14H2,(H,25,28). The lowest BCUT2D eigenvalue weighted by atomic mass is 9.88. The van der Waals surface area contributed by atoms with Crippen LogP contribution in [0.3, 0.4) is 0 Å². The molecule has 3 aromatic rings. The number of amides is 1. The molecule has 0 saturated heterocycles. The monoisotopic (exact) mass is 407 g/mol. The van der Waals surface area contributed by atoms with Crippen molar-refractivity contribution in [1.82, 2.24) is 25.1 Å².